The predicted octanol–water partition coefficient (Wildman–Crippen LogP) is 1.19. The lowest BCUT2D eigenvalue weighted by molar-refractivity contribution is -0.140. The molecule has 1 heterocycles. The fourth-order valence-electron chi connectivity index (χ4n) is 2.41. The molecule has 0 aliphatic carbocycles. The summed E-state index contributed by atoms with van der Waals surface area (Å²) in [6.45, 7) is 5.77. The Bertz CT molecular complexity index is 341. The van der Waals surface area contributed by atoms with E-state index in [1.165, 1.54) is 20.3 Å². The number of carbonyl (C=O) groups is 2. The second kappa shape index (κ2) is 6.42. The van der Waals surface area contributed by atoms with E-state index in [9.17, 15) is 9.59 Å². The van der Waals surface area contributed by atoms with Crippen molar-refractivity contribution >= 4 is 11.9 Å². The van der Waals surface area contributed by atoms with Gasteiger partial charge >= 0.3 is 11.9 Å². The zero-order valence-electron chi connectivity index (χ0n) is 11.4. The molecule has 0 amide bonds. The molecule has 18 heavy (non-hydrogen) atoms. The fourth-order valence-corrected chi connectivity index (χ4v) is 2.41. The van der Waals surface area contributed by atoms with Crippen molar-refractivity contribution in [2.45, 2.75) is 20.3 Å². The number of nitrogens with zero attached hydrogens (tertiary/aromatic N) is 1. The summed E-state index contributed by atoms with van der Waals surface area (Å²) < 4.78 is 9.29. The second-order valence-electron chi connectivity index (χ2n) is 4.90. The van der Waals surface area contributed by atoms with E-state index in [0.29, 0.717) is 11.8 Å². The number of hydrogen-bond donors (Lipinski definition) is 0. The highest BCUT2D eigenvalue weighted by Gasteiger charge is 2.27. The van der Waals surface area contributed by atoms with Crippen LogP contribution in [0.2, 0.25) is 0 Å². The number of esters is 2. The minimum Gasteiger partial charge on any atom is -0.466 e. The summed E-state index contributed by atoms with van der Waals surface area (Å²) >= 11 is 0. The quantitative estimate of drug-likeness (QED) is 0.560. The Balaban J connectivity index is 2.92. The van der Waals surface area contributed by atoms with Crippen LogP contribution in [0, 0.1) is 11.8 Å². The van der Waals surface area contributed by atoms with Crippen molar-refractivity contribution in [1.29, 1.82) is 0 Å². The lowest BCUT2D eigenvalue weighted by Crippen LogP contribution is -2.40. The average molecular weight is 255 g/mol. The van der Waals surface area contributed by atoms with E-state index in [-0.39, 0.29) is 5.70 Å². The van der Waals surface area contributed by atoms with Gasteiger partial charge in [-0.05, 0) is 18.3 Å². The minimum absolute atomic E-state index is 0.280. The highest BCUT2D eigenvalue weighted by Crippen LogP contribution is 2.24. The lowest BCUT2D eigenvalue weighted by Gasteiger charge is -2.36. The molecule has 2 atom stereocenters. The SMILES string of the molecule is COC(=O)C=C(C(=O)OC)N1CC(C)CC(C)C1. The van der Waals surface area contributed by atoms with Crippen molar-refractivity contribution in [3.8, 4) is 0 Å². The van der Waals surface area contributed by atoms with Crippen molar-refractivity contribution in [3.63, 3.8) is 0 Å². The Hall–Kier alpha value is -1.52. The summed E-state index contributed by atoms with van der Waals surface area (Å²) in [6.07, 6.45) is 2.33. The van der Waals surface area contributed by atoms with Crippen molar-refractivity contribution in [2.75, 3.05) is 27.3 Å². The van der Waals surface area contributed by atoms with E-state index in [4.69, 9.17) is 4.74 Å². The van der Waals surface area contributed by atoms with Gasteiger partial charge in [-0.1, -0.05) is 13.8 Å². The van der Waals surface area contributed by atoms with Crippen LogP contribution in [0.1, 0.15) is 20.3 Å². The van der Waals surface area contributed by atoms with E-state index in [1.54, 1.807) is 0 Å². The van der Waals surface area contributed by atoms with Crippen LogP contribution in [0.3, 0.4) is 0 Å². The molecule has 2 unspecified atom stereocenters. The topological polar surface area (TPSA) is 55.8 Å². The molecular formula is C13H21NO4. The number of carbonyl (C=O) groups excluding carboxylic acids is 2. The molecule has 1 saturated heterocycles. The third kappa shape index (κ3) is 3.75. The maximum absolute atomic E-state index is 11.7. The van der Waals surface area contributed by atoms with Gasteiger partial charge in [-0.2, -0.15) is 0 Å². The van der Waals surface area contributed by atoms with Crippen molar-refractivity contribution in [3.05, 3.63) is 11.8 Å². The number of likely N-dealkylation sites (tertiary alicyclic amines) is 1. The van der Waals surface area contributed by atoms with Crippen LogP contribution in [0.5, 0.6) is 0 Å². The molecule has 0 N–H and O–H groups in total. The van der Waals surface area contributed by atoms with Crippen LogP contribution >= 0.6 is 0 Å². The molecule has 5 nitrogen and oxygen atoms in total. The van der Waals surface area contributed by atoms with Crippen LogP contribution in [0.15, 0.2) is 11.8 Å². The summed E-state index contributed by atoms with van der Waals surface area (Å²) in [5.41, 5.74) is 0.280. The molecule has 0 radical (unpaired) electrons. The maximum atomic E-state index is 11.7. The van der Waals surface area contributed by atoms with Gasteiger partial charge in [0.1, 0.15) is 5.70 Å². The molecule has 102 valence electrons. The monoisotopic (exact) mass is 255 g/mol. The third-order valence-electron chi connectivity index (χ3n) is 3.06. The molecule has 1 fully saturated rings. The number of hydrogen-bond acceptors (Lipinski definition) is 5. The third-order valence-corrected chi connectivity index (χ3v) is 3.06. The van der Waals surface area contributed by atoms with Gasteiger partial charge < -0.3 is 14.4 Å². The number of piperidine rings is 1. The van der Waals surface area contributed by atoms with Gasteiger partial charge in [-0.15, -0.1) is 0 Å². The Morgan fingerprint density at radius 2 is 1.67 bits per heavy atom. The Kier molecular flexibility index (Phi) is 5.19. The van der Waals surface area contributed by atoms with Gasteiger partial charge in [0.05, 0.1) is 20.3 Å². The second-order valence-corrected chi connectivity index (χ2v) is 4.90. The van der Waals surface area contributed by atoms with E-state index in [0.717, 1.165) is 19.5 Å². The van der Waals surface area contributed by atoms with Gasteiger partial charge in [0, 0.05) is 13.1 Å². The van der Waals surface area contributed by atoms with Crippen molar-refractivity contribution in [1.82, 2.24) is 4.90 Å². The molecular weight excluding hydrogens is 234 g/mol. The molecule has 5 heteroatoms. The normalized spacial score (nSPS) is 24.7. The van der Waals surface area contributed by atoms with Crippen LogP contribution < -0.4 is 0 Å². The predicted molar refractivity (Wildman–Crippen MR) is 66.6 cm³/mol. The molecule has 0 aromatic heterocycles. The average Bonchev–Trinajstić information content (AvgIpc) is 2.33. The standard InChI is InChI=1S/C13H21NO4/c1-9-5-10(2)8-14(7-9)11(13(16)18-4)6-12(15)17-3/h6,9-10H,5,7-8H2,1-4H3. The zero-order chi connectivity index (χ0) is 13.7. The molecule has 0 aromatic rings. The fraction of sp³-hybridized carbons (Fsp3) is 0.692. The van der Waals surface area contributed by atoms with Crippen LogP contribution in [0.4, 0.5) is 0 Å². The Morgan fingerprint density at radius 3 is 2.11 bits per heavy atom. The largest absolute Gasteiger partial charge is 0.466 e. The van der Waals surface area contributed by atoms with Crippen LogP contribution in [0.25, 0.3) is 0 Å². The molecule has 0 spiro atoms. The van der Waals surface area contributed by atoms with Gasteiger partial charge in [0.2, 0.25) is 0 Å². The zero-order valence-corrected chi connectivity index (χ0v) is 11.4. The van der Waals surface area contributed by atoms with E-state index < -0.39 is 11.9 Å². The Labute approximate surface area is 108 Å². The number of rotatable bonds is 3. The van der Waals surface area contributed by atoms with Crippen LogP contribution in [-0.4, -0.2) is 44.1 Å². The summed E-state index contributed by atoms with van der Waals surface area (Å²) in [4.78, 5) is 25.0. The number of ether oxygens (including phenoxy) is 2. The van der Waals surface area contributed by atoms with Gasteiger partial charge in [0.25, 0.3) is 0 Å². The molecule has 1 aliphatic rings. The van der Waals surface area contributed by atoms with Gasteiger partial charge in [-0.25, -0.2) is 9.59 Å². The lowest BCUT2D eigenvalue weighted by atomic mass is 9.91. The van der Waals surface area contributed by atoms with Gasteiger partial charge in [-0.3, -0.25) is 0 Å². The minimum atomic E-state index is -0.540. The first-order valence-corrected chi connectivity index (χ1v) is 6.10. The van der Waals surface area contributed by atoms with Crippen molar-refractivity contribution in [2.24, 2.45) is 11.8 Å². The molecule has 0 aromatic carbocycles. The van der Waals surface area contributed by atoms with Crippen LogP contribution in [-0.2, 0) is 19.1 Å². The molecule has 0 bridgehead atoms. The first-order chi connectivity index (χ1) is 8.47. The Morgan fingerprint density at radius 1 is 1.11 bits per heavy atom. The summed E-state index contributed by atoms with van der Waals surface area (Å²) in [5.74, 6) is -0.0677. The summed E-state index contributed by atoms with van der Waals surface area (Å²) in [6, 6.07) is 0. The van der Waals surface area contributed by atoms with E-state index in [2.05, 4.69) is 18.6 Å². The first kappa shape index (κ1) is 14.5. The van der Waals surface area contributed by atoms with Crippen molar-refractivity contribution < 1.29 is 19.1 Å². The maximum Gasteiger partial charge on any atom is 0.354 e. The molecule has 1 rings (SSSR count). The summed E-state index contributed by atoms with van der Waals surface area (Å²) in [7, 11) is 2.60. The van der Waals surface area contributed by atoms with E-state index >= 15 is 0 Å². The first-order valence-electron chi connectivity index (χ1n) is 6.10. The highest BCUT2D eigenvalue weighted by atomic mass is 16.5. The van der Waals surface area contributed by atoms with Gasteiger partial charge in [0.15, 0.2) is 0 Å². The number of methoxy groups -OCH3 is 2. The molecule has 1 aliphatic heterocycles. The highest BCUT2D eigenvalue weighted by molar-refractivity contribution is 5.95. The molecule has 0 saturated carbocycles. The van der Waals surface area contributed by atoms with E-state index in [1.807, 2.05) is 4.90 Å². The summed E-state index contributed by atoms with van der Waals surface area (Å²) in [5, 5.41) is 0. The smallest absolute Gasteiger partial charge is 0.354 e.